The third kappa shape index (κ3) is 5.68. The van der Waals surface area contributed by atoms with Crippen LogP contribution in [-0.2, 0) is 14.8 Å². The molecule has 174 valence electrons. The Morgan fingerprint density at radius 1 is 1.16 bits per heavy atom. The Hall–Kier alpha value is -2.85. The van der Waals surface area contributed by atoms with E-state index in [9.17, 15) is 18.0 Å². The van der Waals surface area contributed by atoms with Gasteiger partial charge in [-0.1, -0.05) is 6.07 Å². The molecule has 1 aliphatic heterocycles. The minimum atomic E-state index is -3.89. The van der Waals surface area contributed by atoms with E-state index in [0.717, 1.165) is 0 Å². The third-order valence-corrected chi connectivity index (χ3v) is 6.33. The molecule has 0 radical (unpaired) electrons. The molecule has 2 heterocycles. The van der Waals surface area contributed by atoms with Crippen LogP contribution in [0.1, 0.15) is 55.7 Å². The van der Waals surface area contributed by atoms with Crippen LogP contribution in [0.25, 0.3) is 0 Å². The van der Waals surface area contributed by atoms with Crippen molar-refractivity contribution in [1.29, 1.82) is 0 Å². The maximum atomic E-state index is 12.9. The molecule has 1 aliphatic rings. The molecule has 10 heteroatoms. The second kappa shape index (κ2) is 8.95. The van der Waals surface area contributed by atoms with Gasteiger partial charge in [0.2, 0.25) is 10.0 Å². The maximum Gasteiger partial charge on any atom is 0.410 e. The summed E-state index contributed by atoms with van der Waals surface area (Å²) in [6.45, 7) is 8.22. The number of nitrogens with zero attached hydrogens (tertiary/aromatic N) is 2. The highest BCUT2D eigenvalue weighted by Crippen LogP contribution is 2.26. The summed E-state index contributed by atoms with van der Waals surface area (Å²) in [5, 5.41) is 8.01. The van der Waals surface area contributed by atoms with Crippen LogP contribution in [-0.4, -0.2) is 48.6 Å². The summed E-state index contributed by atoms with van der Waals surface area (Å²) < 4.78 is 30.8. The minimum Gasteiger partial charge on any atom is -0.444 e. The highest BCUT2D eigenvalue weighted by atomic mass is 32.2. The lowest BCUT2D eigenvalue weighted by Gasteiger charge is -2.34. The van der Waals surface area contributed by atoms with E-state index >= 15 is 0 Å². The second-order valence-electron chi connectivity index (χ2n) is 8.98. The zero-order valence-electron chi connectivity index (χ0n) is 18.8. The molecular formula is C22H30N4O5S. The molecule has 32 heavy (non-hydrogen) atoms. The fourth-order valence-corrected chi connectivity index (χ4v) is 4.55. The SMILES string of the molecule is Cc1ccc(NC(=O)c2cccn2C2CCN(C(=O)OC(C)(C)C)CC2)cc1S(N)(=O)=O. The Bertz CT molecular complexity index is 1110. The average molecular weight is 463 g/mol. The van der Waals surface area contributed by atoms with Gasteiger partial charge in [0.15, 0.2) is 0 Å². The lowest BCUT2D eigenvalue weighted by molar-refractivity contribution is 0.0187. The smallest absolute Gasteiger partial charge is 0.410 e. The minimum absolute atomic E-state index is 0.0276. The maximum absolute atomic E-state index is 12.9. The molecule has 3 N–H and O–H groups in total. The normalized spacial score (nSPS) is 15.5. The van der Waals surface area contributed by atoms with E-state index in [0.29, 0.717) is 42.9 Å². The van der Waals surface area contributed by atoms with E-state index in [1.165, 1.54) is 6.07 Å². The van der Waals surface area contributed by atoms with Crippen LogP contribution in [0.5, 0.6) is 0 Å². The van der Waals surface area contributed by atoms with Crippen molar-refractivity contribution in [2.45, 2.75) is 57.1 Å². The van der Waals surface area contributed by atoms with Crippen molar-refractivity contribution in [2.75, 3.05) is 18.4 Å². The van der Waals surface area contributed by atoms with E-state index in [1.807, 2.05) is 31.5 Å². The van der Waals surface area contributed by atoms with Gasteiger partial charge in [-0.15, -0.1) is 0 Å². The molecule has 3 rings (SSSR count). The zero-order valence-corrected chi connectivity index (χ0v) is 19.6. The van der Waals surface area contributed by atoms with Gasteiger partial charge in [0.1, 0.15) is 11.3 Å². The molecule has 1 aromatic heterocycles. The molecule has 0 unspecified atom stereocenters. The molecule has 0 saturated carbocycles. The number of aromatic nitrogens is 1. The number of primary sulfonamides is 1. The van der Waals surface area contributed by atoms with Crippen LogP contribution in [0, 0.1) is 6.92 Å². The van der Waals surface area contributed by atoms with Crippen LogP contribution in [0.2, 0.25) is 0 Å². The van der Waals surface area contributed by atoms with Gasteiger partial charge in [-0.2, -0.15) is 0 Å². The lowest BCUT2D eigenvalue weighted by Crippen LogP contribution is -2.42. The van der Waals surface area contributed by atoms with Gasteiger partial charge in [-0.05, 0) is 70.4 Å². The lowest BCUT2D eigenvalue weighted by atomic mass is 10.0. The summed E-state index contributed by atoms with van der Waals surface area (Å²) in [6, 6.07) is 8.15. The first-order valence-electron chi connectivity index (χ1n) is 10.4. The molecule has 2 amide bonds. The Morgan fingerprint density at radius 3 is 2.41 bits per heavy atom. The van der Waals surface area contributed by atoms with Crippen molar-refractivity contribution in [1.82, 2.24) is 9.47 Å². The van der Waals surface area contributed by atoms with Crippen LogP contribution in [0.15, 0.2) is 41.4 Å². The van der Waals surface area contributed by atoms with Gasteiger partial charge in [0.25, 0.3) is 5.91 Å². The molecular weight excluding hydrogens is 432 g/mol. The van der Waals surface area contributed by atoms with Crippen molar-refractivity contribution in [3.05, 3.63) is 47.8 Å². The number of sulfonamides is 1. The molecule has 0 atom stereocenters. The van der Waals surface area contributed by atoms with Crippen molar-refractivity contribution < 1.29 is 22.7 Å². The van der Waals surface area contributed by atoms with Crippen LogP contribution < -0.4 is 10.5 Å². The number of hydrogen-bond donors (Lipinski definition) is 2. The Morgan fingerprint density at radius 2 is 1.81 bits per heavy atom. The molecule has 9 nitrogen and oxygen atoms in total. The molecule has 2 aromatic rings. The summed E-state index contributed by atoms with van der Waals surface area (Å²) >= 11 is 0. The van der Waals surface area contributed by atoms with Crippen LogP contribution in [0.3, 0.4) is 0 Å². The van der Waals surface area contributed by atoms with Gasteiger partial charge in [-0.3, -0.25) is 4.79 Å². The number of likely N-dealkylation sites (tertiary alicyclic amines) is 1. The van der Waals surface area contributed by atoms with Crippen molar-refractivity contribution in [2.24, 2.45) is 5.14 Å². The summed E-state index contributed by atoms with van der Waals surface area (Å²) in [4.78, 5) is 26.9. The van der Waals surface area contributed by atoms with Gasteiger partial charge in [0.05, 0.1) is 4.90 Å². The molecule has 1 aromatic carbocycles. The first-order chi connectivity index (χ1) is 14.8. The molecule has 1 saturated heterocycles. The predicted octanol–water partition coefficient (Wildman–Crippen LogP) is 3.27. The van der Waals surface area contributed by atoms with Gasteiger partial charge >= 0.3 is 6.09 Å². The van der Waals surface area contributed by atoms with E-state index in [2.05, 4.69) is 5.32 Å². The number of carbonyl (C=O) groups excluding carboxylic acids is 2. The largest absolute Gasteiger partial charge is 0.444 e. The van der Waals surface area contributed by atoms with Gasteiger partial charge < -0.3 is 19.5 Å². The van der Waals surface area contributed by atoms with Crippen molar-refractivity contribution in [3.63, 3.8) is 0 Å². The quantitative estimate of drug-likeness (QED) is 0.722. The summed E-state index contributed by atoms with van der Waals surface area (Å²) in [5.41, 5.74) is 0.764. The molecule has 0 aliphatic carbocycles. The Balaban J connectivity index is 1.69. The number of anilines is 1. The fourth-order valence-electron chi connectivity index (χ4n) is 3.74. The number of piperidine rings is 1. The Labute approximate surface area is 188 Å². The molecule has 1 fully saturated rings. The van der Waals surface area contributed by atoms with E-state index in [-0.39, 0.29) is 22.9 Å². The highest BCUT2D eigenvalue weighted by molar-refractivity contribution is 7.89. The summed E-state index contributed by atoms with van der Waals surface area (Å²) in [6.07, 6.45) is 2.89. The number of carbonyl (C=O) groups is 2. The number of rotatable bonds is 4. The van der Waals surface area contributed by atoms with Gasteiger partial charge in [-0.25, -0.2) is 18.4 Å². The van der Waals surface area contributed by atoms with Crippen molar-refractivity contribution >= 4 is 27.7 Å². The van der Waals surface area contributed by atoms with E-state index < -0.39 is 15.6 Å². The number of nitrogens with one attached hydrogen (secondary N) is 1. The number of amides is 2. The first-order valence-corrected chi connectivity index (χ1v) is 12.0. The Kier molecular flexibility index (Phi) is 6.66. The van der Waals surface area contributed by atoms with Gasteiger partial charge in [0, 0.05) is 31.0 Å². The fraction of sp³-hybridized carbons (Fsp3) is 0.455. The van der Waals surface area contributed by atoms with Crippen molar-refractivity contribution in [3.8, 4) is 0 Å². The summed E-state index contributed by atoms with van der Waals surface area (Å²) in [7, 11) is -3.89. The number of aryl methyl sites for hydroxylation is 1. The molecule has 0 spiro atoms. The number of benzene rings is 1. The van der Waals surface area contributed by atoms with Crippen LogP contribution >= 0.6 is 0 Å². The number of nitrogens with two attached hydrogens (primary N) is 1. The third-order valence-electron chi connectivity index (χ3n) is 5.27. The second-order valence-corrected chi connectivity index (χ2v) is 10.5. The summed E-state index contributed by atoms with van der Waals surface area (Å²) in [5.74, 6) is -0.353. The topological polar surface area (TPSA) is 124 Å². The monoisotopic (exact) mass is 462 g/mol. The number of hydrogen-bond acceptors (Lipinski definition) is 5. The first kappa shape index (κ1) is 23.8. The van der Waals surface area contributed by atoms with Crippen LogP contribution in [0.4, 0.5) is 10.5 Å². The molecule has 0 bridgehead atoms. The zero-order chi connectivity index (χ0) is 23.7. The van der Waals surface area contributed by atoms with E-state index in [4.69, 9.17) is 9.88 Å². The van der Waals surface area contributed by atoms with E-state index in [1.54, 1.807) is 36.1 Å². The standard InChI is InChI=1S/C22H30N4O5S/c1-15-7-8-16(14-19(15)32(23,29)30)24-20(27)18-6-5-11-26(18)17-9-12-25(13-10-17)21(28)31-22(2,3)4/h5-8,11,14,17H,9-10,12-13H2,1-4H3,(H,24,27)(H2,23,29,30). The average Bonchev–Trinajstić information content (AvgIpc) is 3.17. The predicted molar refractivity (Wildman–Crippen MR) is 121 cm³/mol. The number of ether oxygens (including phenoxy) is 1. The highest BCUT2D eigenvalue weighted by Gasteiger charge is 2.28.